The molecule has 0 saturated heterocycles. The largest absolute Gasteiger partial charge is 0.368 e. The molecule has 1 atom stereocenters. The maximum absolute atomic E-state index is 6.09. The van der Waals surface area contributed by atoms with Crippen LogP contribution in [0.3, 0.4) is 0 Å². The van der Waals surface area contributed by atoms with E-state index in [0.29, 0.717) is 16.9 Å². The number of nitrogens with zero attached hydrogens (tertiary/aromatic N) is 2. The quantitative estimate of drug-likeness (QED) is 0.877. The Balaban J connectivity index is 2.06. The van der Waals surface area contributed by atoms with Gasteiger partial charge in [-0.2, -0.15) is 4.98 Å². The number of aromatic nitrogens is 2. The monoisotopic (exact) mass is 268 g/mol. The molecule has 2 rings (SSSR count). The second-order valence-electron chi connectivity index (χ2n) is 4.98. The van der Waals surface area contributed by atoms with Crippen molar-refractivity contribution in [2.75, 3.05) is 11.1 Å². The molecule has 1 aliphatic carbocycles. The van der Waals surface area contributed by atoms with Crippen molar-refractivity contribution >= 4 is 23.4 Å². The minimum atomic E-state index is 0.264. The predicted octanol–water partition coefficient (Wildman–Crippen LogP) is 3.48. The van der Waals surface area contributed by atoms with Gasteiger partial charge in [0.05, 0.1) is 6.20 Å². The molecular weight excluding hydrogens is 248 g/mol. The second-order valence-corrected chi connectivity index (χ2v) is 5.39. The van der Waals surface area contributed by atoms with Crippen molar-refractivity contribution in [1.82, 2.24) is 9.97 Å². The number of anilines is 2. The Hall–Kier alpha value is -1.03. The predicted molar refractivity (Wildman–Crippen MR) is 75.7 cm³/mol. The van der Waals surface area contributed by atoms with E-state index in [1.54, 1.807) is 6.20 Å². The fourth-order valence-electron chi connectivity index (χ4n) is 2.75. The van der Waals surface area contributed by atoms with Crippen molar-refractivity contribution in [3.63, 3.8) is 0 Å². The SMILES string of the molecule is CCC(Nc1nc(N)ncc1Cl)C1CCCCC1. The molecular formula is C13H21ClN4. The van der Waals surface area contributed by atoms with Crippen molar-refractivity contribution < 1.29 is 0 Å². The lowest BCUT2D eigenvalue weighted by Crippen LogP contribution is -2.30. The molecule has 18 heavy (non-hydrogen) atoms. The van der Waals surface area contributed by atoms with Crippen LogP contribution in [0.4, 0.5) is 11.8 Å². The van der Waals surface area contributed by atoms with Crippen LogP contribution in [0.15, 0.2) is 6.20 Å². The Labute approximate surface area is 113 Å². The van der Waals surface area contributed by atoms with Gasteiger partial charge < -0.3 is 11.1 Å². The maximum atomic E-state index is 6.09. The topological polar surface area (TPSA) is 63.8 Å². The van der Waals surface area contributed by atoms with Gasteiger partial charge in [-0.05, 0) is 25.2 Å². The molecule has 1 fully saturated rings. The molecule has 0 amide bonds. The van der Waals surface area contributed by atoms with E-state index < -0.39 is 0 Å². The Bertz CT molecular complexity index is 391. The van der Waals surface area contributed by atoms with E-state index in [1.807, 2.05) is 0 Å². The zero-order chi connectivity index (χ0) is 13.0. The molecule has 0 aliphatic heterocycles. The van der Waals surface area contributed by atoms with Gasteiger partial charge in [0.15, 0.2) is 5.82 Å². The molecule has 100 valence electrons. The molecule has 0 aromatic carbocycles. The zero-order valence-corrected chi connectivity index (χ0v) is 11.6. The summed E-state index contributed by atoms with van der Waals surface area (Å²) < 4.78 is 0. The highest BCUT2D eigenvalue weighted by Crippen LogP contribution is 2.30. The average Bonchev–Trinajstić information content (AvgIpc) is 2.41. The number of nitrogen functional groups attached to an aromatic ring is 1. The van der Waals surface area contributed by atoms with Gasteiger partial charge in [-0.1, -0.05) is 37.8 Å². The van der Waals surface area contributed by atoms with Crippen molar-refractivity contribution in [3.8, 4) is 0 Å². The van der Waals surface area contributed by atoms with E-state index in [9.17, 15) is 0 Å². The standard InChI is InChI=1S/C13H21ClN4/c1-2-11(9-6-4-3-5-7-9)17-12-10(14)8-16-13(15)18-12/h8-9,11H,2-7H2,1H3,(H3,15,16,17,18). The molecule has 1 aliphatic rings. The van der Waals surface area contributed by atoms with E-state index in [2.05, 4.69) is 22.2 Å². The van der Waals surface area contributed by atoms with Gasteiger partial charge >= 0.3 is 0 Å². The molecule has 1 saturated carbocycles. The van der Waals surface area contributed by atoms with Crippen LogP contribution in [0.2, 0.25) is 5.02 Å². The molecule has 1 unspecified atom stereocenters. The highest BCUT2D eigenvalue weighted by molar-refractivity contribution is 6.32. The van der Waals surface area contributed by atoms with Crippen molar-refractivity contribution in [3.05, 3.63) is 11.2 Å². The van der Waals surface area contributed by atoms with Crippen LogP contribution in [0.5, 0.6) is 0 Å². The van der Waals surface area contributed by atoms with Gasteiger partial charge in [0.1, 0.15) is 5.02 Å². The van der Waals surface area contributed by atoms with Gasteiger partial charge in [0, 0.05) is 6.04 Å². The summed E-state index contributed by atoms with van der Waals surface area (Å²) in [4.78, 5) is 8.06. The fourth-order valence-corrected chi connectivity index (χ4v) is 2.89. The van der Waals surface area contributed by atoms with Gasteiger partial charge in [-0.15, -0.1) is 0 Å². The third kappa shape index (κ3) is 3.25. The third-order valence-corrected chi connectivity index (χ3v) is 4.02. The molecule has 0 spiro atoms. The Morgan fingerprint density at radius 1 is 1.44 bits per heavy atom. The molecule has 0 radical (unpaired) electrons. The summed E-state index contributed by atoms with van der Waals surface area (Å²) in [5.74, 6) is 1.65. The van der Waals surface area contributed by atoms with Crippen LogP contribution in [0.25, 0.3) is 0 Å². The normalized spacial score (nSPS) is 18.6. The average molecular weight is 269 g/mol. The summed E-state index contributed by atoms with van der Waals surface area (Å²) >= 11 is 6.09. The third-order valence-electron chi connectivity index (χ3n) is 3.74. The van der Waals surface area contributed by atoms with Gasteiger partial charge in [0.25, 0.3) is 0 Å². The summed E-state index contributed by atoms with van der Waals surface area (Å²) in [6.45, 7) is 2.20. The van der Waals surface area contributed by atoms with E-state index in [4.69, 9.17) is 17.3 Å². The van der Waals surface area contributed by atoms with Gasteiger partial charge in [-0.3, -0.25) is 0 Å². The van der Waals surface area contributed by atoms with Gasteiger partial charge in [0.2, 0.25) is 5.95 Å². The van der Waals surface area contributed by atoms with E-state index in [0.717, 1.165) is 12.3 Å². The van der Waals surface area contributed by atoms with Crippen molar-refractivity contribution in [2.45, 2.75) is 51.5 Å². The van der Waals surface area contributed by atoms with E-state index >= 15 is 0 Å². The number of hydrogen-bond donors (Lipinski definition) is 2. The number of halogens is 1. The minimum absolute atomic E-state index is 0.264. The van der Waals surface area contributed by atoms with Gasteiger partial charge in [-0.25, -0.2) is 4.98 Å². The molecule has 1 aromatic rings. The minimum Gasteiger partial charge on any atom is -0.368 e. The smallest absolute Gasteiger partial charge is 0.222 e. The van der Waals surface area contributed by atoms with Crippen LogP contribution >= 0.6 is 11.6 Å². The van der Waals surface area contributed by atoms with E-state index in [-0.39, 0.29) is 5.95 Å². The first kappa shape index (κ1) is 13.4. The molecule has 1 heterocycles. The summed E-state index contributed by atoms with van der Waals surface area (Å²) in [7, 11) is 0. The van der Waals surface area contributed by atoms with E-state index in [1.165, 1.54) is 32.1 Å². The first-order valence-electron chi connectivity index (χ1n) is 6.75. The number of hydrogen-bond acceptors (Lipinski definition) is 4. The molecule has 0 bridgehead atoms. The number of nitrogens with two attached hydrogens (primary N) is 1. The van der Waals surface area contributed by atoms with Crippen LogP contribution in [-0.4, -0.2) is 16.0 Å². The molecule has 1 aromatic heterocycles. The second kappa shape index (κ2) is 6.23. The summed E-state index contributed by atoms with van der Waals surface area (Å²) in [6.07, 6.45) is 9.26. The summed E-state index contributed by atoms with van der Waals surface area (Å²) in [6, 6.07) is 0.428. The molecule has 4 nitrogen and oxygen atoms in total. The van der Waals surface area contributed by atoms with Crippen LogP contribution in [0.1, 0.15) is 45.4 Å². The lowest BCUT2D eigenvalue weighted by molar-refractivity contribution is 0.312. The van der Waals surface area contributed by atoms with Crippen LogP contribution in [0, 0.1) is 5.92 Å². The Morgan fingerprint density at radius 2 is 2.17 bits per heavy atom. The number of rotatable bonds is 4. The van der Waals surface area contributed by atoms with Crippen LogP contribution < -0.4 is 11.1 Å². The first-order chi connectivity index (χ1) is 8.70. The van der Waals surface area contributed by atoms with Crippen molar-refractivity contribution in [1.29, 1.82) is 0 Å². The summed E-state index contributed by atoms with van der Waals surface area (Å²) in [5, 5.41) is 3.98. The summed E-state index contributed by atoms with van der Waals surface area (Å²) in [5.41, 5.74) is 5.60. The number of nitrogens with one attached hydrogen (secondary N) is 1. The van der Waals surface area contributed by atoms with Crippen LogP contribution in [-0.2, 0) is 0 Å². The lowest BCUT2D eigenvalue weighted by Gasteiger charge is -2.30. The molecule has 3 N–H and O–H groups in total. The highest BCUT2D eigenvalue weighted by atomic mass is 35.5. The maximum Gasteiger partial charge on any atom is 0.222 e. The Kier molecular flexibility index (Phi) is 4.64. The molecule has 5 heteroatoms. The first-order valence-corrected chi connectivity index (χ1v) is 7.13. The fraction of sp³-hybridized carbons (Fsp3) is 0.692. The zero-order valence-electron chi connectivity index (χ0n) is 10.8. The van der Waals surface area contributed by atoms with Crippen molar-refractivity contribution in [2.24, 2.45) is 5.92 Å². The Morgan fingerprint density at radius 3 is 2.83 bits per heavy atom. The lowest BCUT2D eigenvalue weighted by atomic mass is 9.83. The highest BCUT2D eigenvalue weighted by Gasteiger charge is 2.23.